The lowest BCUT2D eigenvalue weighted by Crippen LogP contribution is -1.93. The molecule has 0 heterocycles. The van der Waals surface area contributed by atoms with E-state index in [1.807, 2.05) is 26.0 Å². The van der Waals surface area contributed by atoms with Gasteiger partial charge in [0.1, 0.15) is 5.75 Å². The highest BCUT2D eigenvalue weighted by Crippen LogP contribution is 2.20. The molecule has 0 radical (unpaired) electrons. The minimum Gasteiger partial charge on any atom is -0.463 e. The average molecular weight is 154 g/mol. The van der Waals surface area contributed by atoms with Gasteiger partial charge in [-0.25, -0.2) is 4.39 Å². The Bertz CT molecular complexity index is 245. The van der Waals surface area contributed by atoms with Crippen LogP contribution in [0, 0.1) is 13.8 Å². The molecule has 1 aromatic carbocycles. The molecule has 0 aliphatic heterocycles. The minimum absolute atomic E-state index is 0.632. The summed E-state index contributed by atoms with van der Waals surface area (Å²) in [5, 5.41) is 0. The van der Waals surface area contributed by atoms with Crippen molar-refractivity contribution in [2.75, 3.05) is 6.86 Å². The molecule has 1 aromatic rings. The molecule has 0 aliphatic carbocycles. The Labute approximate surface area is 65.8 Å². The molecule has 0 amide bonds. The summed E-state index contributed by atoms with van der Waals surface area (Å²) in [7, 11) is 0. The summed E-state index contributed by atoms with van der Waals surface area (Å²) in [6.07, 6.45) is 0. The maximum atomic E-state index is 11.8. The molecular weight excluding hydrogens is 143 g/mol. The van der Waals surface area contributed by atoms with Gasteiger partial charge in [0.05, 0.1) is 0 Å². The maximum absolute atomic E-state index is 11.8. The van der Waals surface area contributed by atoms with Crippen molar-refractivity contribution in [3.05, 3.63) is 29.3 Å². The monoisotopic (exact) mass is 154 g/mol. The maximum Gasteiger partial charge on any atom is 0.228 e. The van der Waals surface area contributed by atoms with E-state index in [1.54, 1.807) is 6.07 Å². The van der Waals surface area contributed by atoms with Crippen molar-refractivity contribution in [3.63, 3.8) is 0 Å². The van der Waals surface area contributed by atoms with E-state index < -0.39 is 6.86 Å². The molecule has 2 heteroatoms. The fraction of sp³-hybridized carbons (Fsp3) is 0.333. The second-order valence-corrected chi connectivity index (χ2v) is 2.45. The molecule has 0 fully saturated rings. The van der Waals surface area contributed by atoms with Crippen LogP contribution in [0.2, 0.25) is 0 Å². The molecule has 1 nitrogen and oxygen atoms in total. The third-order valence-corrected chi connectivity index (χ3v) is 1.76. The van der Waals surface area contributed by atoms with Gasteiger partial charge in [0.2, 0.25) is 6.86 Å². The van der Waals surface area contributed by atoms with Crippen LogP contribution in [0.1, 0.15) is 11.1 Å². The van der Waals surface area contributed by atoms with E-state index in [1.165, 1.54) is 0 Å². The molecule has 0 spiro atoms. The van der Waals surface area contributed by atoms with Crippen LogP contribution < -0.4 is 4.74 Å². The van der Waals surface area contributed by atoms with Gasteiger partial charge in [-0.3, -0.25) is 0 Å². The smallest absolute Gasteiger partial charge is 0.228 e. The second-order valence-electron chi connectivity index (χ2n) is 2.45. The van der Waals surface area contributed by atoms with Gasteiger partial charge in [0, 0.05) is 0 Å². The predicted octanol–water partition coefficient (Wildman–Crippen LogP) is 2.61. The standard InChI is InChI=1S/C9H11FO/c1-7-4-3-5-9(8(7)2)11-6-10/h3-5H,6H2,1-2H3. The number of hydrogen-bond donors (Lipinski definition) is 0. The molecule has 1 rings (SSSR count). The molecule has 0 unspecified atom stereocenters. The molecule has 0 bridgehead atoms. The van der Waals surface area contributed by atoms with Crippen LogP contribution >= 0.6 is 0 Å². The largest absolute Gasteiger partial charge is 0.463 e. The first kappa shape index (κ1) is 8.05. The van der Waals surface area contributed by atoms with Gasteiger partial charge in [0.25, 0.3) is 0 Å². The Morgan fingerprint density at radius 1 is 1.36 bits per heavy atom. The average Bonchev–Trinajstić information content (AvgIpc) is 1.99. The zero-order chi connectivity index (χ0) is 8.27. The summed E-state index contributed by atoms with van der Waals surface area (Å²) in [5.74, 6) is 0.632. The Balaban J connectivity index is 2.96. The van der Waals surface area contributed by atoms with Crippen LogP contribution in [-0.2, 0) is 0 Å². The summed E-state index contributed by atoms with van der Waals surface area (Å²) in [5.41, 5.74) is 2.13. The van der Waals surface area contributed by atoms with Gasteiger partial charge in [-0.15, -0.1) is 0 Å². The lowest BCUT2D eigenvalue weighted by atomic mass is 10.1. The second kappa shape index (κ2) is 3.37. The van der Waals surface area contributed by atoms with Gasteiger partial charge in [-0.1, -0.05) is 12.1 Å². The van der Waals surface area contributed by atoms with E-state index in [0.29, 0.717) is 5.75 Å². The number of ether oxygens (including phenoxy) is 1. The molecule has 0 aromatic heterocycles. The molecule has 60 valence electrons. The first-order chi connectivity index (χ1) is 5.25. The van der Waals surface area contributed by atoms with Gasteiger partial charge in [0.15, 0.2) is 0 Å². The highest BCUT2D eigenvalue weighted by molar-refractivity contribution is 5.38. The van der Waals surface area contributed by atoms with Crippen LogP contribution in [-0.4, -0.2) is 6.86 Å². The highest BCUT2D eigenvalue weighted by atomic mass is 19.1. The SMILES string of the molecule is Cc1cccc(OCF)c1C. The number of benzene rings is 1. The first-order valence-corrected chi connectivity index (χ1v) is 3.50. The van der Waals surface area contributed by atoms with Crippen molar-refractivity contribution in [2.24, 2.45) is 0 Å². The van der Waals surface area contributed by atoms with Crippen LogP contribution in [0.25, 0.3) is 0 Å². The highest BCUT2D eigenvalue weighted by Gasteiger charge is 1.99. The molecule has 0 N–H and O–H groups in total. The van der Waals surface area contributed by atoms with Crippen molar-refractivity contribution in [3.8, 4) is 5.75 Å². The fourth-order valence-electron chi connectivity index (χ4n) is 0.939. The zero-order valence-corrected chi connectivity index (χ0v) is 6.73. The van der Waals surface area contributed by atoms with Gasteiger partial charge >= 0.3 is 0 Å². The topological polar surface area (TPSA) is 9.23 Å². The number of rotatable bonds is 2. The van der Waals surface area contributed by atoms with Crippen molar-refractivity contribution in [1.82, 2.24) is 0 Å². The normalized spacial score (nSPS) is 9.73. The molecule has 0 saturated carbocycles. The van der Waals surface area contributed by atoms with Gasteiger partial charge in [-0.05, 0) is 31.0 Å². The van der Waals surface area contributed by atoms with E-state index in [4.69, 9.17) is 4.74 Å². The zero-order valence-electron chi connectivity index (χ0n) is 6.73. The summed E-state index contributed by atoms with van der Waals surface area (Å²) in [4.78, 5) is 0. The first-order valence-electron chi connectivity index (χ1n) is 3.50. The summed E-state index contributed by atoms with van der Waals surface area (Å²) < 4.78 is 16.5. The van der Waals surface area contributed by atoms with Crippen molar-refractivity contribution in [2.45, 2.75) is 13.8 Å². The third-order valence-electron chi connectivity index (χ3n) is 1.76. The minimum atomic E-state index is -0.760. The van der Waals surface area contributed by atoms with Crippen molar-refractivity contribution >= 4 is 0 Å². The number of halogens is 1. The lowest BCUT2D eigenvalue weighted by molar-refractivity contribution is 0.190. The van der Waals surface area contributed by atoms with Crippen LogP contribution in [0.3, 0.4) is 0 Å². The molecular formula is C9H11FO. The van der Waals surface area contributed by atoms with Gasteiger partial charge in [-0.2, -0.15) is 0 Å². The van der Waals surface area contributed by atoms with E-state index in [0.717, 1.165) is 11.1 Å². The van der Waals surface area contributed by atoms with E-state index in [-0.39, 0.29) is 0 Å². The lowest BCUT2D eigenvalue weighted by Gasteiger charge is -2.06. The summed E-state index contributed by atoms with van der Waals surface area (Å²) in [6.45, 7) is 3.13. The van der Waals surface area contributed by atoms with E-state index >= 15 is 0 Å². The Morgan fingerprint density at radius 2 is 2.09 bits per heavy atom. The summed E-state index contributed by atoms with van der Waals surface area (Å²) in [6, 6.07) is 5.59. The van der Waals surface area contributed by atoms with E-state index in [9.17, 15) is 4.39 Å². The van der Waals surface area contributed by atoms with Crippen LogP contribution in [0.4, 0.5) is 4.39 Å². The predicted molar refractivity (Wildman–Crippen MR) is 42.5 cm³/mol. The quantitative estimate of drug-likeness (QED) is 0.636. The number of alkyl halides is 1. The molecule has 0 saturated heterocycles. The van der Waals surface area contributed by atoms with Crippen LogP contribution in [0.15, 0.2) is 18.2 Å². The molecule has 0 aliphatic rings. The van der Waals surface area contributed by atoms with Crippen LogP contribution in [0.5, 0.6) is 5.75 Å². The Kier molecular flexibility index (Phi) is 2.47. The van der Waals surface area contributed by atoms with Crippen molar-refractivity contribution in [1.29, 1.82) is 0 Å². The van der Waals surface area contributed by atoms with Crippen molar-refractivity contribution < 1.29 is 9.13 Å². The fourth-order valence-corrected chi connectivity index (χ4v) is 0.939. The number of hydrogen-bond acceptors (Lipinski definition) is 1. The molecule has 0 atom stereocenters. The molecule has 11 heavy (non-hydrogen) atoms. The Morgan fingerprint density at radius 3 is 2.73 bits per heavy atom. The van der Waals surface area contributed by atoms with E-state index in [2.05, 4.69) is 0 Å². The Hall–Kier alpha value is -1.05. The summed E-state index contributed by atoms with van der Waals surface area (Å²) >= 11 is 0. The number of aryl methyl sites for hydroxylation is 1. The van der Waals surface area contributed by atoms with Gasteiger partial charge < -0.3 is 4.74 Å². The third kappa shape index (κ3) is 1.70.